The molecule has 0 unspecified atom stereocenters. The maximum absolute atomic E-state index is 12.5. The van der Waals surface area contributed by atoms with Crippen LogP contribution in [0.15, 0.2) is 24.4 Å². The van der Waals surface area contributed by atoms with Crippen molar-refractivity contribution in [1.29, 1.82) is 0 Å². The van der Waals surface area contributed by atoms with Crippen molar-refractivity contribution in [3.8, 4) is 0 Å². The number of alkyl halides is 1. The van der Waals surface area contributed by atoms with Crippen molar-refractivity contribution in [1.82, 2.24) is 9.38 Å². The minimum Gasteiger partial charge on any atom is -0.301 e. The topological polar surface area (TPSA) is 17.3 Å². The number of rotatable bonds is 2. The Bertz CT molecular complexity index is 425. The molecule has 0 spiro atoms. The van der Waals surface area contributed by atoms with Crippen molar-refractivity contribution in [3.63, 3.8) is 0 Å². The molecule has 0 aliphatic carbocycles. The number of fused-ring (bicyclic) bond motifs is 1. The molecule has 0 aromatic carbocycles. The van der Waals surface area contributed by atoms with Crippen LogP contribution in [0.3, 0.4) is 0 Å². The Balaban J connectivity index is 0.000000980. The first-order valence-electron chi connectivity index (χ1n) is 4.37. The van der Waals surface area contributed by atoms with Crippen LogP contribution in [-0.2, 0) is 13.1 Å². The third-order valence-electron chi connectivity index (χ3n) is 2.13. The van der Waals surface area contributed by atoms with Crippen LogP contribution in [0.25, 0.3) is 5.65 Å². The molecule has 14 heavy (non-hydrogen) atoms. The normalized spacial score (nSPS) is 10.1. The quantitative estimate of drug-likeness (QED) is 0.752. The number of halogens is 2. The van der Waals surface area contributed by atoms with Gasteiger partial charge in [0.05, 0.1) is 11.4 Å². The third-order valence-corrected chi connectivity index (χ3v) is 2.13. The third kappa shape index (κ3) is 1.73. The Morgan fingerprint density at radius 2 is 2.21 bits per heavy atom. The van der Waals surface area contributed by atoms with E-state index >= 15 is 0 Å². The van der Waals surface area contributed by atoms with E-state index in [0.29, 0.717) is 5.69 Å². The molecule has 0 aliphatic rings. The molecule has 4 heteroatoms. The molecule has 2 nitrogen and oxygen atoms in total. The fourth-order valence-electron chi connectivity index (χ4n) is 1.40. The zero-order valence-corrected chi connectivity index (χ0v) is 8.72. The molecule has 0 fully saturated rings. The van der Waals surface area contributed by atoms with E-state index in [-0.39, 0.29) is 12.4 Å². The van der Waals surface area contributed by atoms with Gasteiger partial charge in [-0.2, -0.15) is 0 Å². The van der Waals surface area contributed by atoms with Crippen molar-refractivity contribution < 1.29 is 4.39 Å². The van der Waals surface area contributed by atoms with Crippen LogP contribution in [0.4, 0.5) is 4.39 Å². The van der Waals surface area contributed by atoms with Crippen molar-refractivity contribution >= 4 is 18.1 Å². The molecule has 0 saturated heterocycles. The Morgan fingerprint density at radius 1 is 1.43 bits per heavy atom. The summed E-state index contributed by atoms with van der Waals surface area (Å²) in [5.74, 6) is 0. The van der Waals surface area contributed by atoms with E-state index in [2.05, 4.69) is 4.98 Å². The van der Waals surface area contributed by atoms with Crippen molar-refractivity contribution in [2.24, 2.45) is 0 Å². The summed E-state index contributed by atoms with van der Waals surface area (Å²) in [6.45, 7) is 1.59. The number of pyridine rings is 1. The first-order valence-corrected chi connectivity index (χ1v) is 4.37. The molecular weight excluding hydrogens is 203 g/mol. The second-order valence-electron chi connectivity index (χ2n) is 2.96. The molecule has 2 heterocycles. The highest BCUT2D eigenvalue weighted by Crippen LogP contribution is 2.10. The van der Waals surface area contributed by atoms with E-state index in [0.717, 1.165) is 17.8 Å². The van der Waals surface area contributed by atoms with Crippen molar-refractivity contribution in [3.05, 3.63) is 35.8 Å². The number of hydrogen-bond acceptors (Lipinski definition) is 1. The van der Waals surface area contributed by atoms with Gasteiger partial charge in [0.15, 0.2) is 0 Å². The highest BCUT2D eigenvalue weighted by atomic mass is 35.5. The lowest BCUT2D eigenvalue weighted by Gasteiger charge is -1.98. The van der Waals surface area contributed by atoms with Crippen LogP contribution >= 0.6 is 12.4 Å². The van der Waals surface area contributed by atoms with Crippen LogP contribution < -0.4 is 0 Å². The van der Waals surface area contributed by atoms with Crippen LogP contribution in [0.1, 0.15) is 18.3 Å². The van der Waals surface area contributed by atoms with E-state index in [9.17, 15) is 4.39 Å². The van der Waals surface area contributed by atoms with E-state index in [1.807, 2.05) is 25.3 Å². The van der Waals surface area contributed by atoms with E-state index in [1.165, 1.54) is 0 Å². The van der Waals surface area contributed by atoms with E-state index < -0.39 is 6.67 Å². The predicted molar refractivity (Wildman–Crippen MR) is 56.6 cm³/mol. The molecule has 0 atom stereocenters. The molecule has 2 aromatic heterocycles. The summed E-state index contributed by atoms with van der Waals surface area (Å²) < 4.78 is 14.3. The van der Waals surface area contributed by atoms with Crippen LogP contribution in [0.5, 0.6) is 0 Å². The van der Waals surface area contributed by atoms with Crippen LogP contribution in [-0.4, -0.2) is 9.38 Å². The highest BCUT2D eigenvalue weighted by molar-refractivity contribution is 5.85. The number of imidazole rings is 1. The fraction of sp³-hybridized carbons (Fsp3) is 0.300. The summed E-state index contributed by atoms with van der Waals surface area (Å²) in [7, 11) is 0. The number of hydrogen-bond donors (Lipinski definition) is 0. The summed E-state index contributed by atoms with van der Waals surface area (Å²) in [4.78, 5) is 4.34. The lowest BCUT2D eigenvalue weighted by molar-refractivity contribution is 0.472. The fourth-order valence-corrected chi connectivity index (χ4v) is 1.40. The largest absolute Gasteiger partial charge is 0.301 e. The molecule has 76 valence electrons. The van der Waals surface area contributed by atoms with Gasteiger partial charge in [-0.25, -0.2) is 9.37 Å². The van der Waals surface area contributed by atoms with Gasteiger partial charge >= 0.3 is 0 Å². The van der Waals surface area contributed by atoms with Gasteiger partial charge in [0.1, 0.15) is 12.3 Å². The number of aryl methyl sites for hydroxylation is 1. The van der Waals surface area contributed by atoms with Gasteiger partial charge in [-0.15, -0.1) is 12.4 Å². The zero-order chi connectivity index (χ0) is 9.26. The number of aromatic nitrogens is 2. The molecular formula is C10H12ClFN2. The first kappa shape index (κ1) is 11.0. The van der Waals surface area contributed by atoms with Gasteiger partial charge in [-0.05, 0) is 18.6 Å². The lowest BCUT2D eigenvalue weighted by atomic mass is 10.3. The van der Waals surface area contributed by atoms with Gasteiger partial charge in [0, 0.05) is 6.20 Å². The molecule has 2 aromatic rings. The molecule has 0 radical (unpaired) electrons. The Morgan fingerprint density at radius 3 is 2.86 bits per heavy atom. The van der Waals surface area contributed by atoms with E-state index in [4.69, 9.17) is 0 Å². The van der Waals surface area contributed by atoms with Gasteiger partial charge in [0.25, 0.3) is 0 Å². The second-order valence-corrected chi connectivity index (χ2v) is 2.96. The van der Waals surface area contributed by atoms with Crippen molar-refractivity contribution in [2.45, 2.75) is 20.0 Å². The minimum absolute atomic E-state index is 0. The molecule has 0 bridgehead atoms. The molecule has 0 amide bonds. The van der Waals surface area contributed by atoms with Crippen LogP contribution in [0.2, 0.25) is 0 Å². The van der Waals surface area contributed by atoms with Crippen molar-refractivity contribution in [2.75, 3.05) is 0 Å². The summed E-state index contributed by atoms with van der Waals surface area (Å²) in [6, 6.07) is 5.49. The molecule has 0 saturated carbocycles. The maximum atomic E-state index is 12.5. The van der Waals surface area contributed by atoms with Crippen LogP contribution in [0, 0.1) is 0 Å². The van der Waals surface area contributed by atoms with Gasteiger partial charge in [-0.3, -0.25) is 0 Å². The standard InChI is InChI=1S/C10H11FN2.ClH/c1-2-8-7-13-9(6-11)4-3-5-10(13)12-8;/h3-5,7H,2,6H2,1H3;1H. The summed E-state index contributed by atoms with van der Waals surface area (Å²) in [5.41, 5.74) is 2.48. The summed E-state index contributed by atoms with van der Waals surface area (Å²) in [5, 5.41) is 0. The Labute approximate surface area is 88.2 Å². The Kier molecular flexibility index (Phi) is 3.47. The molecule has 2 rings (SSSR count). The monoisotopic (exact) mass is 214 g/mol. The lowest BCUT2D eigenvalue weighted by Crippen LogP contribution is -1.91. The van der Waals surface area contributed by atoms with Gasteiger partial charge in [0.2, 0.25) is 0 Å². The zero-order valence-electron chi connectivity index (χ0n) is 7.90. The molecule has 0 N–H and O–H groups in total. The highest BCUT2D eigenvalue weighted by Gasteiger charge is 2.02. The average Bonchev–Trinajstić information content (AvgIpc) is 2.59. The SMILES string of the molecule is CCc1cn2c(CF)cccc2n1.Cl. The predicted octanol–water partition coefficient (Wildman–Crippen LogP) is 2.79. The first-order chi connectivity index (χ1) is 6.35. The second kappa shape index (κ2) is 4.42. The average molecular weight is 215 g/mol. The maximum Gasteiger partial charge on any atom is 0.137 e. The minimum atomic E-state index is -0.448. The number of nitrogens with zero attached hydrogens (tertiary/aromatic N) is 2. The van der Waals surface area contributed by atoms with Gasteiger partial charge in [-0.1, -0.05) is 13.0 Å². The smallest absolute Gasteiger partial charge is 0.137 e. The Hall–Kier alpha value is -1.09. The van der Waals surface area contributed by atoms with E-state index in [1.54, 1.807) is 10.5 Å². The summed E-state index contributed by atoms with van der Waals surface area (Å²) in [6.07, 6.45) is 2.78. The van der Waals surface area contributed by atoms with Gasteiger partial charge < -0.3 is 4.40 Å². The molecule has 0 aliphatic heterocycles. The summed E-state index contributed by atoms with van der Waals surface area (Å²) >= 11 is 0.